The van der Waals surface area contributed by atoms with E-state index in [1.54, 1.807) is 36.4 Å². The minimum absolute atomic E-state index is 0.170. The van der Waals surface area contributed by atoms with Crippen LogP contribution in [-0.2, 0) is 14.8 Å². The summed E-state index contributed by atoms with van der Waals surface area (Å²) < 4.78 is 47.0. The molecule has 0 saturated carbocycles. The maximum atomic E-state index is 13.1. The highest BCUT2D eigenvalue weighted by atomic mass is 32.2. The lowest BCUT2D eigenvalue weighted by Crippen LogP contribution is -2.50. The molecule has 0 spiro atoms. The van der Waals surface area contributed by atoms with Crippen LogP contribution in [0.25, 0.3) is 11.0 Å². The molecule has 0 bridgehead atoms. The van der Waals surface area contributed by atoms with E-state index >= 15 is 0 Å². The van der Waals surface area contributed by atoms with Gasteiger partial charge < -0.3 is 14.8 Å². The van der Waals surface area contributed by atoms with Gasteiger partial charge in [-0.25, -0.2) is 8.42 Å². The van der Waals surface area contributed by atoms with Crippen molar-refractivity contribution in [3.63, 3.8) is 0 Å². The van der Waals surface area contributed by atoms with Crippen molar-refractivity contribution in [2.75, 3.05) is 51.3 Å². The van der Waals surface area contributed by atoms with Gasteiger partial charge >= 0.3 is 0 Å². The molecule has 32 heavy (non-hydrogen) atoms. The number of ether oxygens (including phenoxy) is 2. The number of nitrogens with zero attached hydrogens (tertiary/aromatic N) is 4. The summed E-state index contributed by atoms with van der Waals surface area (Å²) in [6.07, 6.45) is 0. The number of carbonyl (C=O) groups is 1. The van der Waals surface area contributed by atoms with E-state index in [-0.39, 0.29) is 17.3 Å². The molecule has 1 saturated heterocycles. The highest BCUT2D eigenvalue weighted by molar-refractivity contribution is 7.89. The summed E-state index contributed by atoms with van der Waals surface area (Å²) in [4.78, 5) is 14.6. The van der Waals surface area contributed by atoms with Crippen LogP contribution in [0.3, 0.4) is 0 Å². The lowest BCUT2D eigenvalue weighted by atomic mass is 10.2. The fraction of sp³-hybridized carbons (Fsp3) is 0.350. The minimum atomic E-state index is -3.68. The van der Waals surface area contributed by atoms with Crippen LogP contribution in [0, 0.1) is 0 Å². The SMILES string of the molecule is O=C(CN1CCN(S(=O)(=O)c2cccc3nsnc23)CC1)Nc1ccc2c(c1)OCCO2. The van der Waals surface area contributed by atoms with Gasteiger partial charge in [0.2, 0.25) is 15.9 Å². The average Bonchev–Trinajstić information content (AvgIpc) is 3.28. The third-order valence-electron chi connectivity index (χ3n) is 5.39. The molecule has 2 aliphatic rings. The smallest absolute Gasteiger partial charge is 0.245 e. The van der Waals surface area contributed by atoms with E-state index in [4.69, 9.17) is 9.47 Å². The van der Waals surface area contributed by atoms with Crippen molar-refractivity contribution in [3.8, 4) is 11.5 Å². The first-order valence-electron chi connectivity index (χ1n) is 10.1. The maximum absolute atomic E-state index is 13.1. The number of carbonyl (C=O) groups excluding carboxylic acids is 1. The molecule has 0 atom stereocenters. The second kappa shape index (κ2) is 8.62. The van der Waals surface area contributed by atoms with Gasteiger partial charge in [0, 0.05) is 37.9 Å². The standard InChI is InChI=1S/C20H21N5O5S2/c26-19(21-14-4-5-16-17(12-14)30-11-10-29-16)13-24-6-8-25(9-7-24)32(27,28)18-3-1-2-15-20(18)23-31-22-15/h1-5,12H,6-11,13H2,(H,21,26). The molecule has 1 aromatic heterocycles. The molecule has 1 N–H and O–H groups in total. The first-order valence-corrected chi connectivity index (χ1v) is 12.3. The Hall–Kier alpha value is -2.80. The molecule has 2 aliphatic heterocycles. The number of hydrogen-bond donors (Lipinski definition) is 1. The van der Waals surface area contributed by atoms with Crippen molar-refractivity contribution in [2.24, 2.45) is 0 Å². The number of hydrogen-bond acceptors (Lipinski definition) is 9. The maximum Gasteiger partial charge on any atom is 0.245 e. The van der Waals surface area contributed by atoms with Gasteiger partial charge in [0.05, 0.1) is 18.3 Å². The molecule has 12 heteroatoms. The first-order chi connectivity index (χ1) is 15.5. The monoisotopic (exact) mass is 475 g/mol. The number of fused-ring (bicyclic) bond motifs is 2. The fourth-order valence-corrected chi connectivity index (χ4v) is 5.96. The zero-order chi connectivity index (χ0) is 22.1. The van der Waals surface area contributed by atoms with E-state index in [2.05, 4.69) is 14.1 Å². The molecule has 5 rings (SSSR count). The zero-order valence-corrected chi connectivity index (χ0v) is 18.7. The van der Waals surface area contributed by atoms with Gasteiger partial charge in [0.15, 0.2) is 11.5 Å². The summed E-state index contributed by atoms with van der Waals surface area (Å²) in [5.41, 5.74) is 1.61. The number of piperazine rings is 1. The third-order valence-corrected chi connectivity index (χ3v) is 7.86. The van der Waals surface area contributed by atoms with Crippen LogP contribution >= 0.6 is 11.7 Å². The molecule has 0 unspecified atom stereocenters. The molecule has 3 heterocycles. The molecule has 0 radical (unpaired) electrons. The van der Waals surface area contributed by atoms with Gasteiger partial charge in [-0.15, -0.1) is 0 Å². The normalized spacial score (nSPS) is 17.4. The number of rotatable bonds is 5. The molecule has 168 valence electrons. The van der Waals surface area contributed by atoms with Crippen molar-refractivity contribution in [3.05, 3.63) is 36.4 Å². The molecule has 1 amide bonds. The van der Waals surface area contributed by atoms with Gasteiger partial charge in [-0.3, -0.25) is 9.69 Å². The van der Waals surface area contributed by atoms with Gasteiger partial charge in [0.1, 0.15) is 29.1 Å². The zero-order valence-electron chi connectivity index (χ0n) is 17.1. The Morgan fingerprint density at radius 3 is 2.62 bits per heavy atom. The number of aromatic nitrogens is 2. The van der Waals surface area contributed by atoms with Crippen molar-refractivity contribution in [1.82, 2.24) is 18.0 Å². The lowest BCUT2D eigenvalue weighted by molar-refractivity contribution is -0.117. The van der Waals surface area contributed by atoms with Crippen molar-refractivity contribution < 1.29 is 22.7 Å². The van der Waals surface area contributed by atoms with Crippen LogP contribution < -0.4 is 14.8 Å². The van der Waals surface area contributed by atoms with Gasteiger partial charge in [-0.1, -0.05) is 6.07 Å². The summed E-state index contributed by atoms with van der Waals surface area (Å²) in [5, 5.41) is 2.86. The van der Waals surface area contributed by atoms with E-state index in [0.717, 1.165) is 11.7 Å². The van der Waals surface area contributed by atoms with Crippen molar-refractivity contribution >= 4 is 44.4 Å². The average molecular weight is 476 g/mol. The van der Waals surface area contributed by atoms with Gasteiger partial charge in [-0.2, -0.15) is 13.1 Å². The highest BCUT2D eigenvalue weighted by Gasteiger charge is 2.31. The highest BCUT2D eigenvalue weighted by Crippen LogP contribution is 2.32. The fourth-order valence-electron chi connectivity index (χ4n) is 3.78. The molecule has 2 aromatic carbocycles. The van der Waals surface area contributed by atoms with E-state index in [1.165, 1.54) is 4.31 Å². The van der Waals surface area contributed by atoms with E-state index in [0.29, 0.717) is 67.6 Å². The molecule has 0 aliphatic carbocycles. The Bertz CT molecular complexity index is 1250. The Kier molecular flexibility index (Phi) is 5.67. The van der Waals surface area contributed by atoms with Gasteiger partial charge in [0.25, 0.3) is 0 Å². The second-order valence-electron chi connectivity index (χ2n) is 7.47. The van der Waals surface area contributed by atoms with E-state index in [9.17, 15) is 13.2 Å². The molecule has 3 aromatic rings. The van der Waals surface area contributed by atoms with Crippen LogP contribution in [0.15, 0.2) is 41.3 Å². The van der Waals surface area contributed by atoms with Crippen LogP contribution in [0.1, 0.15) is 0 Å². The lowest BCUT2D eigenvalue weighted by Gasteiger charge is -2.33. The van der Waals surface area contributed by atoms with Crippen LogP contribution in [-0.4, -0.2) is 78.2 Å². The number of sulfonamides is 1. The van der Waals surface area contributed by atoms with Crippen LogP contribution in [0.4, 0.5) is 5.69 Å². The molecule has 1 fully saturated rings. The predicted molar refractivity (Wildman–Crippen MR) is 119 cm³/mol. The Morgan fingerprint density at radius 2 is 1.81 bits per heavy atom. The Balaban J connectivity index is 1.19. The molecular weight excluding hydrogens is 454 g/mol. The second-order valence-corrected chi connectivity index (χ2v) is 9.91. The summed E-state index contributed by atoms with van der Waals surface area (Å²) >= 11 is 0.995. The Morgan fingerprint density at radius 1 is 1.03 bits per heavy atom. The van der Waals surface area contributed by atoms with E-state index < -0.39 is 10.0 Å². The largest absolute Gasteiger partial charge is 0.486 e. The quantitative estimate of drug-likeness (QED) is 0.589. The summed E-state index contributed by atoms with van der Waals surface area (Å²) in [6.45, 7) is 2.68. The Labute approximate surface area is 189 Å². The van der Waals surface area contributed by atoms with Gasteiger partial charge in [-0.05, 0) is 24.3 Å². The molecular formula is C20H21N5O5S2. The van der Waals surface area contributed by atoms with Crippen LogP contribution in [0.5, 0.6) is 11.5 Å². The number of benzene rings is 2. The minimum Gasteiger partial charge on any atom is -0.486 e. The summed E-state index contributed by atoms with van der Waals surface area (Å²) in [5.74, 6) is 1.10. The van der Waals surface area contributed by atoms with Crippen LogP contribution in [0.2, 0.25) is 0 Å². The number of anilines is 1. The third kappa shape index (κ3) is 4.13. The summed E-state index contributed by atoms with van der Waals surface area (Å²) in [7, 11) is -3.68. The van der Waals surface area contributed by atoms with Crippen molar-refractivity contribution in [1.29, 1.82) is 0 Å². The number of amides is 1. The molecule has 10 nitrogen and oxygen atoms in total. The predicted octanol–water partition coefficient (Wildman–Crippen LogP) is 1.41. The first kappa shape index (κ1) is 21.1. The van der Waals surface area contributed by atoms with Crippen molar-refractivity contribution in [2.45, 2.75) is 4.90 Å². The summed E-state index contributed by atoms with van der Waals surface area (Å²) in [6, 6.07) is 10.3. The van der Waals surface area contributed by atoms with E-state index in [1.807, 2.05) is 4.90 Å². The topological polar surface area (TPSA) is 114 Å². The number of nitrogens with one attached hydrogen (secondary N) is 1.